The zero-order chi connectivity index (χ0) is 19.0. The first-order valence-corrected chi connectivity index (χ1v) is 10.5. The van der Waals surface area contributed by atoms with E-state index < -0.39 is 0 Å². The third-order valence-electron chi connectivity index (χ3n) is 4.20. The van der Waals surface area contributed by atoms with Gasteiger partial charge in [0, 0.05) is 42.2 Å². The molecule has 1 aliphatic rings. The van der Waals surface area contributed by atoms with Crippen molar-refractivity contribution in [2.45, 2.75) is 45.4 Å². The number of benzene rings is 1. The maximum Gasteiger partial charge on any atom is 0.251 e. The van der Waals surface area contributed by atoms with Crippen molar-refractivity contribution in [1.82, 2.24) is 15.5 Å². The molecule has 2 rings (SSSR count). The van der Waals surface area contributed by atoms with Crippen molar-refractivity contribution in [3.63, 3.8) is 0 Å². The number of aliphatic imine (C=N–C) groups is 1. The molecule has 0 spiro atoms. The summed E-state index contributed by atoms with van der Waals surface area (Å²) in [5, 5.41) is 6.34. The van der Waals surface area contributed by atoms with Crippen LogP contribution in [0.5, 0.6) is 0 Å². The second-order valence-corrected chi connectivity index (χ2v) is 8.96. The highest BCUT2D eigenvalue weighted by Crippen LogP contribution is 2.29. The van der Waals surface area contributed by atoms with Crippen LogP contribution in [0, 0.1) is 0 Å². The first kappa shape index (κ1) is 24.1. The Hall–Kier alpha value is -0.960. The monoisotopic (exact) mass is 504 g/mol. The molecule has 1 amide bonds. The number of hydrogen-bond acceptors (Lipinski definition) is 3. The van der Waals surface area contributed by atoms with Crippen LogP contribution < -0.4 is 10.6 Å². The van der Waals surface area contributed by atoms with Crippen LogP contribution in [0.25, 0.3) is 0 Å². The van der Waals surface area contributed by atoms with E-state index in [1.807, 2.05) is 43.0 Å². The van der Waals surface area contributed by atoms with E-state index in [1.165, 1.54) is 0 Å². The summed E-state index contributed by atoms with van der Waals surface area (Å²) >= 11 is 2.02. The molecule has 27 heavy (non-hydrogen) atoms. The molecule has 0 saturated carbocycles. The molecule has 1 aromatic rings. The van der Waals surface area contributed by atoms with Gasteiger partial charge in [0.15, 0.2) is 5.96 Å². The fourth-order valence-corrected chi connectivity index (χ4v) is 4.05. The summed E-state index contributed by atoms with van der Waals surface area (Å²) in [5.41, 5.74) is 1.75. The molecule has 1 fully saturated rings. The number of amides is 1. The van der Waals surface area contributed by atoms with E-state index in [0.717, 1.165) is 43.3 Å². The summed E-state index contributed by atoms with van der Waals surface area (Å²) in [5.74, 6) is 2.06. The highest BCUT2D eigenvalue weighted by Gasteiger charge is 2.28. The molecule has 0 aromatic heterocycles. The Bertz CT molecular complexity index is 636. The molecular formula is C20H33IN4OS. The minimum absolute atomic E-state index is 0. The molecule has 0 bridgehead atoms. The summed E-state index contributed by atoms with van der Waals surface area (Å²) in [4.78, 5) is 19.3. The van der Waals surface area contributed by atoms with E-state index in [9.17, 15) is 4.79 Å². The van der Waals surface area contributed by atoms with Crippen LogP contribution in [0.1, 0.15) is 50.0 Å². The van der Waals surface area contributed by atoms with Crippen molar-refractivity contribution in [3.05, 3.63) is 35.4 Å². The van der Waals surface area contributed by atoms with Gasteiger partial charge in [0.1, 0.15) is 0 Å². The van der Waals surface area contributed by atoms with E-state index in [1.54, 1.807) is 0 Å². The van der Waals surface area contributed by atoms with Gasteiger partial charge in [-0.15, -0.1) is 24.0 Å². The van der Waals surface area contributed by atoms with Gasteiger partial charge in [-0.3, -0.25) is 4.79 Å². The normalized spacial score (nSPS) is 16.4. The fourth-order valence-electron chi connectivity index (χ4n) is 2.94. The Labute approximate surface area is 185 Å². The molecule has 7 heteroatoms. The molecule has 1 aliphatic heterocycles. The predicted octanol–water partition coefficient (Wildman–Crippen LogP) is 3.74. The highest BCUT2D eigenvalue weighted by atomic mass is 127. The van der Waals surface area contributed by atoms with E-state index >= 15 is 0 Å². The number of nitrogens with zero attached hydrogens (tertiary/aromatic N) is 2. The lowest BCUT2D eigenvalue weighted by Gasteiger charge is -2.39. The largest absolute Gasteiger partial charge is 0.357 e. The number of carbonyl (C=O) groups is 1. The third kappa shape index (κ3) is 7.89. The topological polar surface area (TPSA) is 56.7 Å². The zero-order valence-electron chi connectivity index (χ0n) is 16.9. The van der Waals surface area contributed by atoms with Gasteiger partial charge in [0.25, 0.3) is 5.91 Å². The predicted molar refractivity (Wildman–Crippen MR) is 127 cm³/mol. The fraction of sp³-hybridized carbons (Fsp3) is 0.600. The van der Waals surface area contributed by atoms with Gasteiger partial charge in [-0.25, -0.2) is 4.99 Å². The summed E-state index contributed by atoms with van der Waals surface area (Å²) < 4.78 is 0.242. The molecule has 1 saturated heterocycles. The van der Waals surface area contributed by atoms with E-state index in [-0.39, 0.29) is 34.6 Å². The molecule has 2 N–H and O–H groups in total. The average Bonchev–Trinajstić information content (AvgIpc) is 2.62. The Kier molecular flexibility index (Phi) is 10.5. The summed E-state index contributed by atoms with van der Waals surface area (Å²) in [6.45, 7) is 12.8. The summed E-state index contributed by atoms with van der Waals surface area (Å²) in [6, 6.07) is 7.75. The number of carbonyl (C=O) groups excluding carboxylic acids is 1. The smallest absolute Gasteiger partial charge is 0.251 e. The van der Waals surface area contributed by atoms with Gasteiger partial charge in [-0.05, 0) is 44.9 Å². The molecule has 1 heterocycles. The van der Waals surface area contributed by atoms with Gasteiger partial charge in [0.2, 0.25) is 0 Å². The van der Waals surface area contributed by atoms with Crippen LogP contribution in [0.15, 0.2) is 29.3 Å². The van der Waals surface area contributed by atoms with Crippen molar-refractivity contribution in [3.8, 4) is 0 Å². The zero-order valence-corrected chi connectivity index (χ0v) is 20.0. The second kappa shape index (κ2) is 11.8. The first-order chi connectivity index (χ1) is 12.4. The summed E-state index contributed by atoms with van der Waals surface area (Å²) in [7, 11) is 0. The SMILES string of the molecule is CCCNC(=O)c1cccc(CN=C(NCC)N2CCSC(C)(C)C2)c1.I. The lowest BCUT2D eigenvalue weighted by atomic mass is 10.1. The van der Waals surface area contributed by atoms with Crippen LogP contribution >= 0.6 is 35.7 Å². The average molecular weight is 504 g/mol. The Morgan fingerprint density at radius 1 is 1.30 bits per heavy atom. The lowest BCUT2D eigenvalue weighted by molar-refractivity contribution is 0.0953. The van der Waals surface area contributed by atoms with Gasteiger partial charge >= 0.3 is 0 Å². The quantitative estimate of drug-likeness (QED) is 0.352. The minimum atomic E-state index is -0.0145. The van der Waals surface area contributed by atoms with Gasteiger partial charge in [0.05, 0.1) is 6.54 Å². The van der Waals surface area contributed by atoms with Gasteiger partial charge in [-0.2, -0.15) is 11.8 Å². The Morgan fingerprint density at radius 3 is 2.74 bits per heavy atom. The third-order valence-corrected chi connectivity index (χ3v) is 5.49. The number of thioether (sulfide) groups is 1. The number of nitrogens with one attached hydrogen (secondary N) is 2. The van der Waals surface area contributed by atoms with Crippen LogP contribution in [-0.2, 0) is 6.54 Å². The molecule has 5 nitrogen and oxygen atoms in total. The van der Waals surface area contributed by atoms with Crippen molar-refractivity contribution in [1.29, 1.82) is 0 Å². The van der Waals surface area contributed by atoms with E-state index in [0.29, 0.717) is 18.7 Å². The van der Waals surface area contributed by atoms with E-state index in [4.69, 9.17) is 4.99 Å². The second-order valence-electron chi connectivity index (χ2n) is 7.16. The molecule has 152 valence electrons. The molecular weight excluding hydrogens is 471 g/mol. The molecule has 1 aromatic carbocycles. The number of hydrogen-bond donors (Lipinski definition) is 2. The van der Waals surface area contributed by atoms with Crippen LogP contribution in [0.4, 0.5) is 0 Å². The molecule has 0 aliphatic carbocycles. The maximum absolute atomic E-state index is 12.1. The van der Waals surface area contributed by atoms with Crippen molar-refractivity contribution >= 4 is 47.6 Å². The first-order valence-electron chi connectivity index (χ1n) is 9.49. The molecule has 0 radical (unpaired) electrons. The van der Waals surface area contributed by atoms with Gasteiger partial charge < -0.3 is 15.5 Å². The standard InChI is InChI=1S/C20H32N4OS.HI/c1-5-10-22-18(25)17-9-7-8-16(13-17)14-23-19(21-6-2)24-11-12-26-20(3,4)15-24;/h7-9,13H,5-6,10-12,14-15H2,1-4H3,(H,21,23)(H,22,25);1H. The minimum Gasteiger partial charge on any atom is -0.357 e. The van der Waals surface area contributed by atoms with Crippen molar-refractivity contribution in [2.75, 3.05) is 31.9 Å². The van der Waals surface area contributed by atoms with Crippen LogP contribution in [0.3, 0.4) is 0 Å². The summed E-state index contributed by atoms with van der Waals surface area (Å²) in [6.07, 6.45) is 0.937. The highest BCUT2D eigenvalue weighted by molar-refractivity contribution is 14.0. The maximum atomic E-state index is 12.1. The molecule has 0 unspecified atom stereocenters. The van der Waals surface area contributed by atoms with E-state index in [2.05, 4.69) is 36.3 Å². The Morgan fingerprint density at radius 2 is 2.07 bits per heavy atom. The molecule has 0 atom stereocenters. The number of guanidine groups is 1. The Balaban J connectivity index is 0.00000364. The number of rotatable bonds is 6. The van der Waals surface area contributed by atoms with Crippen LogP contribution in [0.2, 0.25) is 0 Å². The lowest BCUT2D eigenvalue weighted by Crippen LogP contribution is -2.50. The van der Waals surface area contributed by atoms with Gasteiger partial charge in [-0.1, -0.05) is 19.1 Å². The van der Waals surface area contributed by atoms with Crippen LogP contribution in [-0.4, -0.2) is 53.4 Å². The van der Waals surface area contributed by atoms with Crippen molar-refractivity contribution in [2.24, 2.45) is 4.99 Å². The number of halogens is 1. The van der Waals surface area contributed by atoms with Crippen molar-refractivity contribution < 1.29 is 4.79 Å².